The predicted octanol–water partition coefficient (Wildman–Crippen LogP) is 3.07. The van der Waals surface area contributed by atoms with Crippen molar-refractivity contribution in [2.45, 2.75) is 43.9 Å². The second-order valence-electron chi connectivity index (χ2n) is 5.77. The summed E-state index contributed by atoms with van der Waals surface area (Å²) in [6.45, 7) is -0.359. The maximum absolute atomic E-state index is 13.0. The zero-order chi connectivity index (χ0) is 16.0. The van der Waals surface area contributed by atoms with Gasteiger partial charge in [0.2, 0.25) is 0 Å². The lowest BCUT2D eigenvalue weighted by Crippen LogP contribution is -2.44. The average molecular weight is 312 g/mol. The zero-order valence-electron chi connectivity index (χ0n) is 11.7. The minimum Gasteiger partial charge on any atom is -0.323 e. The topological polar surface area (TPSA) is 49.4 Å². The van der Waals surface area contributed by atoms with Crippen LogP contribution in [0.1, 0.15) is 36.8 Å². The minimum absolute atomic E-state index is 0.0754. The Labute approximate surface area is 125 Å². The molecule has 0 bridgehead atoms. The smallest absolute Gasteiger partial charge is 0.323 e. The van der Waals surface area contributed by atoms with Gasteiger partial charge in [0, 0.05) is 0 Å². The van der Waals surface area contributed by atoms with Gasteiger partial charge in [-0.2, -0.15) is 13.2 Å². The molecule has 1 saturated heterocycles. The lowest BCUT2D eigenvalue weighted by atomic mass is 9.97. The molecule has 2 fully saturated rings. The highest BCUT2D eigenvalue weighted by atomic mass is 19.4. The molecule has 0 aromatic heterocycles. The van der Waals surface area contributed by atoms with E-state index in [0.717, 1.165) is 23.8 Å². The first-order valence-corrected chi connectivity index (χ1v) is 7.13. The van der Waals surface area contributed by atoms with Crippen LogP contribution in [0.5, 0.6) is 0 Å². The van der Waals surface area contributed by atoms with Crippen molar-refractivity contribution in [1.29, 1.82) is 0 Å². The molecule has 4 nitrogen and oxygen atoms in total. The van der Waals surface area contributed by atoms with Gasteiger partial charge in [-0.3, -0.25) is 9.69 Å². The summed E-state index contributed by atoms with van der Waals surface area (Å²) in [5.74, 6) is -0.410. The molecular formula is C15H15F3N2O2. The van der Waals surface area contributed by atoms with Gasteiger partial charge in [0.25, 0.3) is 5.91 Å². The first-order valence-electron chi connectivity index (χ1n) is 7.13. The van der Waals surface area contributed by atoms with Crippen LogP contribution in [0.4, 0.5) is 18.0 Å². The van der Waals surface area contributed by atoms with Gasteiger partial charge in [-0.1, -0.05) is 31.0 Å². The Morgan fingerprint density at radius 2 is 1.77 bits per heavy atom. The third kappa shape index (κ3) is 2.34. The normalized spacial score (nSPS) is 20.8. The monoisotopic (exact) mass is 312 g/mol. The molecule has 118 valence electrons. The van der Waals surface area contributed by atoms with E-state index in [1.54, 1.807) is 0 Å². The van der Waals surface area contributed by atoms with E-state index < -0.39 is 29.2 Å². The molecular weight excluding hydrogens is 297 g/mol. The van der Waals surface area contributed by atoms with Crippen molar-refractivity contribution in [3.8, 4) is 0 Å². The van der Waals surface area contributed by atoms with Gasteiger partial charge in [-0.25, -0.2) is 4.79 Å². The molecule has 22 heavy (non-hydrogen) atoms. The molecule has 1 spiro atoms. The number of imide groups is 1. The van der Waals surface area contributed by atoms with Crippen molar-refractivity contribution in [3.05, 3.63) is 35.4 Å². The zero-order valence-corrected chi connectivity index (χ0v) is 11.7. The van der Waals surface area contributed by atoms with Crippen LogP contribution < -0.4 is 5.32 Å². The third-order valence-electron chi connectivity index (χ3n) is 4.35. The number of nitrogens with one attached hydrogen (secondary N) is 1. The number of hydrogen-bond acceptors (Lipinski definition) is 2. The van der Waals surface area contributed by atoms with Crippen molar-refractivity contribution < 1.29 is 22.8 Å². The Kier molecular flexibility index (Phi) is 3.38. The second-order valence-corrected chi connectivity index (χ2v) is 5.77. The van der Waals surface area contributed by atoms with E-state index >= 15 is 0 Å². The Morgan fingerprint density at radius 1 is 1.14 bits per heavy atom. The van der Waals surface area contributed by atoms with E-state index in [4.69, 9.17) is 0 Å². The van der Waals surface area contributed by atoms with Crippen LogP contribution in [0, 0.1) is 0 Å². The summed E-state index contributed by atoms with van der Waals surface area (Å²) in [6, 6.07) is 4.40. The SMILES string of the molecule is O=C1NC2(CCCC2)C(=O)N1Cc1ccccc1C(F)(F)F. The summed E-state index contributed by atoms with van der Waals surface area (Å²) in [5.41, 5.74) is -1.79. The van der Waals surface area contributed by atoms with E-state index in [-0.39, 0.29) is 12.1 Å². The van der Waals surface area contributed by atoms with Crippen LogP contribution in [0.2, 0.25) is 0 Å². The number of halogens is 3. The maximum atomic E-state index is 13.0. The van der Waals surface area contributed by atoms with Gasteiger partial charge in [0.1, 0.15) is 5.54 Å². The largest absolute Gasteiger partial charge is 0.416 e. The van der Waals surface area contributed by atoms with Crippen LogP contribution in [-0.4, -0.2) is 22.4 Å². The van der Waals surface area contributed by atoms with Gasteiger partial charge < -0.3 is 5.32 Å². The van der Waals surface area contributed by atoms with Gasteiger partial charge in [-0.15, -0.1) is 0 Å². The molecule has 7 heteroatoms. The summed E-state index contributed by atoms with van der Waals surface area (Å²) in [7, 11) is 0. The number of nitrogens with zero attached hydrogens (tertiary/aromatic N) is 1. The first-order chi connectivity index (χ1) is 10.3. The predicted molar refractivity (Wildman–Crippen MR) is 71.7 cm³/mol. The van der Waals surface area contributed by atoms with Crippen LogP contribution in [0.25, 0.3) is 0 Å². The van der Waals surface area contributed by atoms with Gasteiger partial charge in [0.05, 0.1) is 12.1 Å². The third-order valence-corrected chi connectivity index (χ3v) is 4.35. The lowest BCUT2D eigenvalue weighted by molar-refractivity contribution is -0.139. The Morgan fingerprint density at radius 3 is 2.41 bits per heavy atom. The van der Waals surface area contributed by atoms with Crippen molar-refractivity contribution >= 4 is 11.9 Å². The number of amides is 3. The lowest BCUT2D eigenvalue weighted by Gasteiger charge is -2.21. The molecule has 1 aliphatic heterocycles. The van der Waals surface area contributed by atoms with E-state index in [9.17, 15) is 22.8 Å². The molecule has 1 aromatic rings. The molecule has 3 amide bonds. The average Bonchev–Trinajstić information content (AvgIpc) is 3.00. The quantitative estimate of drug-likeness (QED) is 0.853. The molecule has 1 heterocycles. The fourth-order valence-electron chi connectivity index (χ4n) is 3.24. The first kappa shape index (κ1) is 14.9. The fourth-order valence-corrected chi connectivity index (χ4v) is 3.24. The van der Waals surface area contributed by atoms with Crippen LogP contribution in [0.3, 0.4) is 0 Å². The van der Waals surface area contributed by atoms with Crippen molar-refractivity contribution in [1.82, 2.24) is 10.2 Å². The number of benzene rings is 1. The van der Waals surface area contributed by atoms with E-state index in [1.807, 2.05) is 0 Å². The van der Waals surface area contributed by atoms with Crippen LogP contribution in [0.15, 0.2) is 24.3 Å². The molecule has 1 N–H and O–H groups in total. The Bertz CT molecular complexity index is 621. The fraction of sp³-hybridized carbons (Fsp3) is 0.467. The number of hydrogen-bond donors (Lipinski definition) is 1. The maximum Gasteiger partial charge on any atom is 0.416 e. The number of alkyl halides is 3. The van der Waals surface area contributed by atoms with E-state index in [2.05, 4.69) is 5.32 Å². The molecule has 2 aliphatic rings. The summed E-state index contributed by atoms with van der Waals surface area (Å²) in [6.07, 6.45) is -1.75. The van der Waals surface area contributed by atoms with Gasteiger partial charge in [-0.05, 0) is 24.5 Å². The highest BCUT2D eigenvalue weighted by molar-refractivity contribution is 6.07. The van der Waals surface area contributed by atoms with E-state index in [1.165, 1.54) is 18.2 Å². The minimum atomic E-state index is -4.51. The molecule has 1 aromatic carbocycles. The summed E-state index contributed by atoms with van der Waals surface area (Å²) in [5, 5.41) is 2.66. The van der Waals surface area contributed by atoms with Crippen LogP contribution >= 0.6 is 0 Å². The highest BCUT2D eigenvalue weighted by Gasteiger charge is 2.52. The summed E-state index contributed by atoms with van der Waals surface area (Å²) >= 11 is 0. The van der Waals surface area contributed by atoms with Crippen molar-refractivity contribution in [2.75, 3.05) is 0 Å². The summed E-state index contributed by atoms with van der Waals surface area (Å²) < 4.78 is 39.0. The molecule has 1 aliphatic carbocycles. The van der Waals surface area contributed by atoms with Gasteiger partial charge >= 0.3 is 12.2 Å². The standard InChI is InChI=1S/C15H15F3N2O2/c16-15(17,18)11-6-2-1-5-10(11)9-20-12(21)14(19-13(20)22)7-3-4-8-14/h1-2,5-6H,3-4,7-9H2,(H,19,22). The molecule has 1 saturated carbocycles. The van der Waals surface area contributed by atoms with Crippen molar-refractivity contribution in [3.63, 3.8) is 0 Å². The summed E-state index contributed by atoms with van der Waals surface area (Å²) in [4.78, 5) is 25.4. The second kappa shape index (κ2) is 5.00. The number of carbonyl (C=O) groups is 2. The van der Waals surface area contributed by atoms with E-state index in [0.29, 0.717) is 12.8 Å². The molecule has 0 radical (unpaired) electrons. The Hall–Kier alpha value is -2.05. The highest BCUT2D eigenvalue weighted by Crippen LogP contribution is 2.37. The van der Waals surface area contributed by atoms with Gasteiger partial charge in [0.15, 0.2) is 0 Å². The van der Waals surface area contributed by atoms with Crippen molar-refractivity contribution in [2.24, 2.45) is 0 Å². The number of carbonyl (C=O) groups excluding carboxylic acids is 2. The Balaban J connectivity index is 1.88. The molecule has 3 rings (SSSR count). The number of rotatable bonds is 2. The molecule has 0 atom stereocenters. The number of urea groups is 1. The van der Waals surface area contributed by atoms with Crippen LogP contribution in [-0.2, 0) is 17.5 Å². The molecule has 0 unspecified atom stereocenters.